The van der Waals surface area contributed by atoms with E-state index in [4.69, 9.17) is 5.11 Å². The number of aliphatic hydroxyl groups is 1. The summed E-state index contributed by atoms with van der Waals surface area (Å²) in [5.41, 5.74) is -0.331. The fourth-order valence-electron chi connectivity index (χ4n) is 2.67. The maximum Gasteiger partial charge on any atom is 0.573 e. The summed E-state index contributed by atoms with van der Waals surface area (Å²) in [7, 11) is 0. The van der Waals surface area contributed by atoms with Gasteiger partial charge in [-0.3, -0.25) is 4.90 Å². The standard InChI is InChI=1S/C14H16BrF5N2O2/c15-9-1-2-11(24-14(18,19)20)10(7-9)12(13(16,17)8-23)22-5-3-21-4-6-22/h1-2,7,12,21,23H,3-6,8H2/t12-/m1/s1. The summed E-state index contributed by atoms with van der Waals surface area (Å²) >= 11 is 3.08. The molecule has 0 bridgehead atoms. The highest BCUT2D eigenvalue weighted by molar-refractivity contribution is 9.10. The zero-order chi connectivity index (χ0) is 18.0. The summed E-state index contributed by atoms with van der Waals surface area (Å²) in [6, 6.07) is 1.68. The number of ether oxygens (including phenoxy) is 1. The summed E-state index contributed by atoms with van der Waals surface area (Å²) < 4.78 is 70.8. The van der Waals surface area contributed by atoms with Crippen molar-refractivity contribution in [2.75, 3.05) is 32.8 Å². The summed E-state index contributed by atoms with van der Waals surface area (Å²) in [5.74, 6) is -4.34. The second kappa shape index (κ2) is 7.51. The minimum Gasteiger partial charge on any atom is -0.405 e. The molecule has 1 aromatic rings. The molecule has 1 aliphatic heterocycles. The molecule has 0 saturated carbocycles. The van der Waals surface area contributed by atoms with E-state index in [1.54, 1.807) is 0 Å². The maximum absolute atomic E-state index is 14.4. The molecule has 10 heteroatoms. The third-order valence-corrected chi connectivity index (χ3v) is 4.11. The number of nitrogens with one attached hydrogen (secondary N) is 1. The van der Waals surface area contributed by atoms with Gasteiger partial charge in [0, 0.05) is 36.2 Å². The van der Waals surface area contributed by atoms with Gasteiger partial charge in [0.1, 0.15) is 18.4 Å². The van der Waals surface area contributed by atoms with Crippen LogP contribution in [0.3, 0.4) is 0 Å². The second-order valence-corrected chi connectivity index (χ2v) is 6.25. The quantitative estimate of drug-likeness (QED) is 0.721. The molecule has 0 aromatic heterocycles. The number of aliphatic hydroxyl groups excluding tert-OH is 1. The van der Waals surface area contributed by atoms with Crippen LogP contribution in [-0.2, 0) is 0 Å². The molecule has 2 rings (SSSR count). The average molecular weight is 419 g/mol. The first kappa shape index (κ1) is 19.4. The zero-order valence-electron chi connectivity index (χ0n) is 12.4. The van der Waals surface area contributed by atoms with Crippen LogP contribution in [0.1, 0.15) is 11.6 Å². The monoisotopic (exact) mass is 418 g/mol. The Morgan fingerprint density at radius 3 is 2.38 bits per heavy atom. The molecule has 0 aliphatic carbocycles. The highest BCUT2D eigenvalue weighted by atomic mass is 79.9. The highest BCUT2D eigenvalue weighted by Gasteiger charge is 2.46. The molecule has 0 unspecified atom stereocenters. The minimum absolute atomic E-state index is 0.207. The van der Waals surface area contributed by atoms with Gasteiger partial charge in [0.2, 0.25) is 0 Å². The van der Waals surface area contributed by atoms with Crippen LogP contribution in [0.15, 0.2) is 22.7 Å². The second-order valence-electron chi connectivity index (χ2n) is 5.34. The van der Waals surface area contributed by atoms with Crippen molar-refractivity contribution < 1.29 is 31.8 Å². The Balaban J connectivity index is 2.50. The largest absolute Gasteiger partial charge is 0.573 e. The van der Waals surface area contributed by atoms with Gasteiger partial charge in [-0.05, 0) is 18.2 Å². The van der Waals surface area contributed by atoms with Crippen molar-refractivity contribution in [1.82, 2.24) is 10.2 Å². The molecule has 0 radical (unpaired) electrons. The fourth-order valence-corrected chi connectivity index (χ4v) is 3.05. The first-order valence-electron chi connectivity index (χ1n) is 7.13. The van der Waals surface area contributed by atoms with Gasteiger partial charge in [-0.15, -0.1) is 13.2 Å². The maximum atomic E-state index is 14.4. The van der Waals surface area contributed by atoms with Crippen molar-refractivity contribution in [3.05, 3.63) is 28.2 Å². The van der Waals surface area contributed by atoms with Gasteiger partial charge < -0.3 is 15.2 Å². The Morgan fingerprint density at radius 2 is 1.83 bits per heavy atom. The lowest BCUT2D eigenvalue weighted by Gasteiger charge is -2.39. The van der Waals surface area contributed by atoms with Gasteiger partial charge in [-0.1, -0.05) is 15.9 Å². The number of nitrogens with zero attached hydrogens (tertiary/aromatic N) is 1. The molecule has 1 aromatic carbocycles. The predicted octanol–water partition coefficient (Wildman–Crippen LogP) is 2.92. The molecule has 1 heterocycles. The highest BCUT2D eigenvalue weighted by Crippen LogP contribution is 2.42. The first-order valence-corrected chi connectivity index (χ1v) is 7.92. The van der Waals surface area contributed by atoms with E-state index in [1.807, 2.05) is 0 Å². The van der Waals surface area contributed by atoms with Crippen molar-refractivity contribution in [3.63, 3.8) is 0 Å². The summed E-state index contributed by atoms with van der Waals surface area (Å²) in [4.78, 5) is 1.34. The average Bonchev–Trinajstić information content (AvgIpc) is 2.50. The molecule has 1 aliphatic rings. The van der Waals surface area contributed by atoms with Crippen molar-refractivity contribution in [1.29, 1.82) is 0 Å². The van der Waals surface area contributed by atoms with E-state index in [9.17, 15) is 22.0 Å². The van der Waals surface area contributed by atoms with Crippen LogP contribution in [0.2, 0.25) is 0 Å². The molecule has 136 valence electrons. The summed E-state index contributed by atoms with van der Waals surface area (Å²) in [5, 5.41) is 12.1. The van der Waals surface area contributed by atoms with E-state index in [0.29, 0.717) is 17.6 Å². The van der Waals surface area contributed by atoms with E-state index < -0.39 is 30.7 Å². The van der Waals surface area contributed by atoms with Crippen molar-refractivity contribution in [2.24, 2.45) is 0 Å². The van der Waals surface area contributed by atoms with E-state index in [1.165, 1.54) is 11.0 Å². The van der Waals surface area contributed by atoms with Crippen molar-refractivity contribution >= 4 is 15.9 Å². The first-order chi connectivity index (χ1) is 11.1. The van der Waals surface area contributed by atoms with Gasteiger partial charge >= 0.3 is 6.36 Å². The topological polar surface area (TPSA) is 44.7 Å². The molecule has 4 nitrogen and oxygen atoms in total. The number of alkyl halides is 5. The van der Waals surface area contributed by atoms with Crippen LogP contribution in [0.5, 0.6) is 5.75 Å². The molecular weight excluding hydrogens is 403 g/mol. The molecule has 1 atom stereocenters. The van der Waals surface area contributed by atoms with Gasteiger partial charge in [-0.25, -0.2) is 8.78 Å². The molecule has 0 spiro atoms. The van der Waals surface area contributed by atoms with Gasteiger partial charge in [0.25, 0.3) is 5.92 Å². The van der Waals surface area contributed by atoms with Gasteiger partial charge in [-0.2, -0.15) is 0 Å². The molecule has 2 N–H and O–H groups in total. The van der Waals surface area contributed by atoms with Crippen LogP contribution in [0.4, 0.5) is 22.0 Å². The van der Waals surface area contributed by atoms with Crippen LogP contribution >= 0.6 is 15.9 Å². The van der Waals surface area contributed by atoms with Crippen molar-refractivity contribution in [2.45, 2.75) is 18.3 Å². The van der Waals surface area contributed by atoms with Crippen molar-refractivity contribution in [3.8, 4) is 5.75 Å². The zero-order valence-corrected chi connectivity index (χ0v) is 14.0. The summed E-state index contributed by atoms with van der Waals surface area (Å²) in [6.07, 6.45) is -5.01. The van der Waals surface area contributed by atoms with Crippen LogP contribution in [-0.4, -0.2) is 55.1 Å². The third-order valence-electron chi connectivity index (χ3n) is 3.62. The normalized spacial score (nSPS) is 18.5. The Labute approximate surface area is 143 Å². The number of benzene rings is 1. The Hall–Kier alpha value is -0.970. The molecular formula is C14H16BrF5N2O2. The smallest absolute Gasteiger partial charge is 0.405 e. The SMILES string of the molecule is OCC(F)(F)[C@@H](c1cc(Br)ccc1OC(F)(F)F)N1CCNCC1. The van der Waals surface area contributed by atoms with E-state index in [2.05, 4.69) is 26.0 Å². The van der Waals surface area contributed by atoms with Crippen LogP contribution in [0, 0.1) is 0 Å². The van der Waals surface area contributed by atoms with E-state index in [-0.39, 0.29) is 18.7 Å². The lowest BCUT2D eigenvalue weighted by molar-refractivity contribution is -0.275. The molecule has 24 heavy (non-hydrogen) atoms. The number of hydrogen-bond donors (Lipinski definition) is 2. The van der Waals surface area contributed by atoms with Crippen LogP contribution in [0.25, 0.3) is 0 Å². The number of rotatable bonds is 5. The Bertz CT molecular complexity index is 565. The molecule has 1 saturated heterocycles. The molecule has 1 fully saturated rings. The van der Waals surface area contributed by atoms with E-state index in [0.717, 1.165) is 12.1 Å². The van der Waals surface area contributed by atoms with Crippen LogP contribution < -0.4 is 10.1 Å². The third kappa shape index (κ3) is 4.78. The summed E-state index contributed by atoms with van der Waals surface area (Å²) in [6.45, 7) is -0.237. The number of piperazine rings is 1. The number of halogens is 6. The van der Waals surface area contributed by atoms with Gasteiger partial charge in [0.05, 0.1) is 0 Å². The lowest BCUT2D eigenvalue weighted by atomic mass is 9.97. The lowest BCUT2D eigenvalue weighted by Crippen LogP contribution is -2.51. The number of hydrogen-bond acceptors (Lipinski definition) is 4. The van der Waals surface area contributed by atoms with E-state index >= 15 is 0 Å². The Kier molecular flexibility index (Phi) is 6.05. The Morgan fingerprint density at radius 1 is 1.21 bits per heavy atom. The molecule has 0 amide bonds. The minimum atomic E-state index is -5.01. The predicted molar refractivity (Wildman–Crippen MR) is 80.0 cm³/mol. The van der Waals surface area contributed by atoms with Gasteiger partial charge in [0.15, 0.2) is 0 Å². The fraction of sp³-hybridized carbons (Fsp3) is 0.571.